The number of hydrogen-bond acceptors (Lipinski definition) is 2. The van der Waals surface area contributed by atoms with Crippen molar-refractivity contribution in [3.63, 3.8) is 0 Å². The minimum Gasteiger partial charge on any atom is -0.311 e. The first-order valence-electron chi connectivity index (χ1n) is 26.0. The number of anilines is 6. The first kappa shape index (κ1) is 49.2. The van der Waals surface area contributed by atoms with E-state index in [2.05, 4.69) is 275 Å². The summed E-state index contributed by atoms with van der Waals surface area (Å²) in [5.41, 5.74) is 25.4. The average Bonchev–Trinajstić information content (AvgIpc) is 3.26. The molecule has 0 radical (unpaired) electrons. The van der Waals surface area contributed by atoms with Gasteiger partial charge in [-0.15, -0.1) is 0 Å². The predicted octanol–water partition coefficient (Wildman–Crippen LogP) is 17.2. The van der Waals surface area contributed by atoms with Gasteiger partial charge < -0.3 is 9.80 Å². The molecule has 0 spiro atoms. The lowest BCUT2D eigenvalue weighted by Crippen LogP contribution is -2.61. The van der Waals surface area contributed by atoms with Crippen LogP contribution in [0.1, 0.15) is 164 Å². The van der Waals surface area contributed by atoms with Gasteiger partial charge >= 0.3 is 0 Å². The van der Waals surface area contributed by atoms with E-state index >= 15 is 0 Å². The van der Waals surface area contributed by atoms with Crippen LogP contribution in [0, 0.1) is 6.92 Å². The number of rotatable bonds is 4. The summed E-state index contributed by atoms with van der Waals surface area (Å²) < 4.78 is 0. The second kappa shape index (κ2) is 16.6. The number of benzene rings is 7. The number of fused-ring (bicyclic) bond motifs is 4. The van der Waals surface area contributed by atoms with E-state index in [-0.39, 0.29) is 39.2 Å². The van der Waals surface area contributed by atoms with E-state index in [9.17, 15) is 0 Å². The molecule has 2 heterocycles. The molecule has 0 saturated carbocycles. The Labute approximate surface area is 423 Å². The summed E-state index contributed by atoms with van der Waals surface area (Å²) in [4.78, 5) is 5.34. The van der Waals surface area contributed by atoms with E-state index < -0.39 is 0 Å². The van der Waals surface area contributed by atoms with Gasteiger partial charge in [-0.1, -0.05) is 210 Å². The molecule has 0 bridgehead atoms. The molecule has 360 valence electrons. The summed E-state index contributed by atoms with van der Waals surface area (Å²) in [6, 6.07) is 52.6. The summed E-state index contributed by atoms with van der Waals surface area (Å²) in [5.74, 6) is 0. The Hall–Kier alpha value is -5.80. The molecular weight excluding hydrogens is 844 g/mol. The van der Waals surface area contributed by atoms with E-state index in [1.54, 1.807) is 0 Å². The van der Waals surface area contributed by atoms with Gasteiger partial charge in [0.05, 0.1) is 0 Å². The van der Waals surface area contributed by atoms with Gasteiger partial charge in [-0.3, -0.25) is 0 Å². The molecule has 0 aliphatic carbocycles. The topological polar surface area (TPSA) is 6.48 Å². The van der Waals surface area contributed by atoms with E-state index in [0.717, 1.165) is 0 Å². The molecule has 0 aromatic heterocycles. The van der Waals surface area contributed by atoms with Crippen LogP contribution in [-0.2, 0) is 32.5 Å². The molecule has 0 unspecified atom stereocenters. The van der Waals surface area contributed by atoms with Crippen molar-refractivity contribution in [1.82, 2.24) is 0 Å². The summed E-state index contributed by atoms with van der Waals surface area (Å²) >= 11 is 0. The molecule has 9 rings (SSSR count). The minimum absolute atomic E-state index is 0.0585. The first-order valence-corrected chi connectivity index (χ1v) is 26.0. The fourth-order valence-electron chi connectivity index (χ4n) is 10.9. The van der Waals surface area contributed by atoms with Crippen molar-refractivity contribution in [1.29, 1.82) is 0 Å². The van der Waals surface area contributed by atoms with Gasteiger partial charge in [-0.05, 0) is 166 Å². The molecular formula is C67H79BN2. The SMILES string of the molecule is Cc1cc2c3c(c1)N(c1cc(C(C)(C)C)cc(C(C)(C)C)c1)c1cc(C(C)(C)C)c(-c4ccccc4)cc1B3c1cc(-c3ccccc3)c(C(C)(C)C)cc1N2c1cc(C(C)(C)C)cc(C(C)(C)C)c1. The van der Waals surface area contributed by atoms with Crippen LogP contribution in [-0.4, -0.2) is 6.71 Å². The first-order chi connectivity index (χ1) is 32.4. The third-order valence-electron chi connectivity index (χ3n) is 15.1. The van der Waals surface area contributed by atoms with Crippen molar-refractivity contribution >= 4 is 57.2 Å². The zero-order chi connectivity index (χ0) is 50.8. The zero-order valence-corrected chi connectivity index (χ0v) is 46.2. The van der Waals surface area contributed by atoms with E-state index in [4.69, 9.17) is 0 Å². The Balaban J connectivity index is 1.51. The van der Waals surface area contributed by atoms with Gasteiger partial charge in [0.25, 0.3) is 6.71 Å². The average molecular weight is 923 g/mol. The maximum atomic E-state index is 2.67. The summed E-state index contributed by atoms with van der Waals surface area (Å²) in [5, 5.41) is 0. The van der Waals surface area contributed by atoms with Crippen molar-refractivity contribution in [2.45, 2.75) is 164 Å². The maximum Gasteiger partial charge on any atom is 0.252 e. The van der Waals surface area contributed by atoms with Gasteiger partial charge in [0.15, 0.2) is 0 Å². The Morgan fingerprint density at radius 2 is 0.643 bits per heavy atom. The Morgan fingerprint density at radius 3 is 0.929 bits per heavy atom. The Morgan fingerprint density at radius 1 is 0.329 bits per heavy atom. The normalized spacial score (nSPS) is 14.1. The van der Waals surface area contributed by atoms with E-state index in [0.29, 0.717) is 0 Å². The lowest BCUT2D eigenvalue weighted by Gasteiger charge is -2.46. The van der Waals surface area contributed by atoms with Crippen LogP contribution >= 0.6 is 0 Å². The standard InChI is InChI=1S/C67H79BN2/c1-42-30-59-61-60(31-42)70(50-36-47(64(8,9)10)33-48(37-50)65(11,12)13)58-41-54(67(17,18)19)52(44-28-24-21-25-29-44)39-56(58)68(61)55-38-51(43-26-22-20-23-27-43)53(66(14,15)16)40-57(55)69(59)49-34-45(62(2,3)4)32-46(35-49)63(5,6)7/h20-41H,1-19H3. The molecule has 2 nitrogen and oxygen atoms in total. The second-order valence-corrected chi connectivity index (χ2v) is 27.0. The zero-order valence-electron chi connectivity index (χ0n) is 46.2. The molecule has 0 atom stereocenters. The van der Waals surface area contributed by atoms with Crippen LogP contribution in [0.25, 0.3) is 22.3 Å². The molecule has 2 aliphatic heterocycles. The fourth-order valence-corrected chi connectivity index (χ4v) is 10.9. The maximum absolute atomic E-state index is 2.67. The Bertz CT molecular complexity index is 2870. The quantitative estimate of drug-likeness (QED) is 0.162. The van der Waals surface area contributed by atoms with Crippen LogP contribution in [0.15, 0.2) is 133 Å². The predicted molar refractivity (Wildman–Crippen MR) is 308 cm³/mol. The molecule has 0 saturated heterocycles. The highest BCUT2D eigenvalue weighted by Gasteiger charge is 2.46. The third kappa shape index (κ3) is 8.86. The van der Waals surface area contributed by atoms with Crippen LogP contribution in [0.3, 0.4) is 0 Å². The van der Waals surface area contributed by atoms with Crippen LogP contribution < -0.4 is 26.2 Å². The van der Waals surface area contributed by atoms with Crippen molar-refractivity contribution in [2.24, 2.45) is 0 Å². The number of aryl methyl sites for hydroxylation is 1. The summed E-state index contributed by atoms with van der Waals surface area (Å²) in [6.07, 6.45) is 0. The van der Waals surface area contributed by atoms with Gasteiger partial charge in [0.1, 0.15) is 0 Å². The van der Waals surface area contributed by atoms with Crippen LogP contribution in [0.2, 0.25) is 0 Å². The van der Waals surface area contributed by atoms with Crippen LogP contribution in [0.4, 0.5) is 34.1 Å². The number of nitrogens with zero attached hydrogens (tertiary/aromatic N) is 2. The molecule has 7 aromatic rings. The van der Waals surface area contributed by atoms with E-state index in [1.807, 2.05) is 0 Å². The van der Waals surface area contributed by atoms with Crippen LogP contribution in [0.5, 0.6) is 0 Å². The molecule has 7 aromatic carbocycles. The highest BCUT2D eigenvalue weighted by atomic mass is 15.2. The molecule has 3 heteroatoms. The van der Waals surface area contributed by atoms with Crippen molar-refractivity contribution in [3.8, 4) is 22.3 Å². The van der Waals surface area contributed by atoms with Gasteiger partial charge in [0.2, 0.25) is 0 Å². The largest absolute Gasteiger partial charge is 0.311 e. The summed E-state index contributed by atoms with van der Waals surface area (Å²) in [7, 11) is 0. The molecule has 0 amide bonds. The second-order valence-electron chi connectivity index (χ2n) is 27.0. The number of hydrogen-bond donors (Lipinski definition) is 0. The smallest absolute Gasteiger partial charge is 0.252 e. The third-order valence-corrected chi connectivity index (χ3v) is 15.1. The van der Waals surface area contributed by atoms with Crippen molar-refractivity contribution in [3.05, 3.63) is 172 Å². The van der Waals surface area contributed by atoms with Gasteiger partial charge in [0, 0.05) is 34.1 Å². The molecule has 0 N–H and O–H groups in total. The highest BCUT2D eigenvalue weighted by Crippen LogP contribution is 2.50. The lowest BCUT2D eigenvalue weighted by molar-refractivity contribution is 0.568. The monoisotopic (exact) mass is 923 g/mol. The van der Waals surface area contributed by atoms with E-state index in [1.165, 1.54) is 112 Å². The molecule has 2 aliphatic rings. The lowest BCUT2D eigenvalue weighted by atomic mass is 9.33. The minimum atomic E-state index is -0.139. The molecule has 0 fully saturated rings. The summed E-state index contributed by atoms with van der Waals surface area (Å²) in [6.45, 7) is 44.9. The van der Waals surface area contributed by atoms with Gasteiger partial charge in [-0.2, -0.15) is 0 Å². The van der Waals surface area contributed by atoms with Crippen molar-refractivity contribution in [2.75, 3.05) is 9.80 Å². The van der Waals surface area contributed by atoms with Gasteiger partial charge in [-0.25, -0.2) is 0 Å². The highest BCUT2D eigenvalue weighted by molar-refractivity contribution is 7.00. The fraction of sp³-hybridized carbons (Fsp3) is 0.373. The van der Waals surface area contributed by atoms with Crippen molar-refractivity contribution < 1.29 is 0 Å². The Kier molecular flexibility index (Phi) is 11.7. The molecule has 70 heavy (non-hydrogen) atoms.